The number of esters is 1. The van der Waals surface area contributed by atoms with Gasteiger partial charge < -0.3 is 24.8 Å². The van der Waals surface area contributed by atoms with Crippen LogP contribution < -0.4 is 10.1 Å². The van der Waals surface area contributed by atoms with Crippen LogP contribution in [0.5, 0.6) is 5.75 Å². The van der Waals surface area contributed by atoms with Crippen molar-refractivity contribution in [1.29, 1.82) is 0 Å². The molecule has 10 nitrogen and oxygen atoms in total. The molecule has 1 amide bonds. The van der Waals surface area contributed by atoms with Crippen molar-refractivity contribution in [3.05, 3.63) is 55.1 Å². The normalized spacial score (nSPS) is 28.3. The number of methoxy groups -OCH3 is 1. The van der Waals surface area contributed by atoms with Crippen LogP contribution in [-0.4, -0.2) is 99.4 Å². The fourth-order valence-electron chi connectivity index (χ4n) is 6.17. The van der Waals surface area contributed by atoms with Gasteiger partial charge in [-0.3, -0.25) is 9.69 Å². The average molecular weight is 560 g/mol. The second-order valence-electron chi connectivity index (χ2n) is 10.3. The van der Waals surface area contributed by atoms with Crippen molar-refractivity contribution in [2.24, 2.45) is 17.8 Å². The highest BCUT2D eigenvalue weighted by molar-refractivity contribution is 7.92. The van der Waals surface area contributed by atoms with Crippen molar-refractivity contribution < 1.29 is 32.6 Å². The number of carbonyl (C=O) groups excluding carboxylic acids is 2. The summed E-state index contributed by atoms with van der Waals surface area (Å²) in [5.41, 5.74) is 2.32. The first-order chi connectivity index (χ1) is 18.5. The molecule has 3 unspecified atom stereocenters. The van der Waals surface area contributed by atoms with Crippen LogP contribution in [-0.2, 0) is 24.2 Å². The summed E-state index contributed by atoms with van der Waals surface area (Å²) in [6.07, 6.45) is 4.05. The predicted molar refractivity (Wildman–Crippen MR) is 149 cm³/mol. The van der Waals surface area contributed by atoms with Crippen LogP contribution in [0.3, 0.4) is 0 Å². The van der Waals surface area contributed by atoms with Crippen LogP contribution in [0.4, 0.5) is 5.69 Å². The Bertz CT molecular complexity index is 1280. The fraction of sp³-hybridized carbons (Fsp3) is 0.500. The molecule has 7 atom stereocenters. The summed E-state index contributed by atoms with van der Waals surface area (Å²) >= 11 is 0. The lowest BCUT2D eigenvalue weighted by atomic mass is 9.67. The van der Waals surface area contributed by atoms with Gasteiger partial charge in [0.15, 0.2) is 9.84 Å². The van der Waals surface area contributed by atoms with E-state index in [1.165, 1.54) is 4.90 Å². The Hall–Kier alpha value is -3.15. The van der Waals surface area contributed by atoms with Gasteiger partial charge in [-0.05, 0) is 42.0 Å². The van der Waals surface area contributed by atoms with Crippen LogP contribution >= 0.6 is 0 Å². The van der Waals surface area contributed by atoms with Crippen LogP contribution in [0.25, 0.3) is 5.57 Å². The summed E-state index contributed by atoms with van der Waals surface area (Å²) in [4.78, 5) is 28.2. The smallest absolute Gasteiger partial charge is 0.330 e. The zero-order valence-corrected chi connectivity index (χ0v) is 23.4. The molecule has 1 aromatic rings. The number of anilines is 1. The van der Waals surface area contributed by atoms with Crippen LogP contribution in [0.15, 0.2) is 49.6 Å². The SMILES string of the molecule is C=CC(=O)OCCS(=O)(=O)C1C(C(=O)N(C)C)[C@H]2C[C@H]([C@@H](O)C3=CCNc4ccc(OC)cc43)N1C[C@@H]2C=C. The Morgan fingerprint density at radius 3 is 2.69 bits per heavy atom. The first-order valence-corrected chi connectivity index (χ1v) is 14.7. The minimum Gasteiger partial charge on any atom is -0.497 e. The van der Waals surface area contributed by atoms with Crippen molar-refractivity contribution in [1.82, 2.24) is 9.80 Å². The van der Waals surface area contributed by atoms with Crippen LogP contribution in [0.1, 0.15) is 12.0 Å². The van der Waals surface area contributed by atoms with E-state index in [1.807, 2.05) is 24.3 Å². The van der Waals surface area contributed by atoms with E-state index in [0.717, 1.165) is 17.3 Å². The minimum absolute atomic E-state index is 0.123. The number of aliphatic hydroxyl groups is 1. The van der Waals surface area contributed by atoms with Gasteiger partial charge in [0.05, 0.1) is 24.9 Å². The van der Waals surface area contributed by atoms with E-state index in [4.69, 9.17) is 9.47 Å². The molecule has 2 bridgehead atoms. The van der Waals surface area contributed by atoms with Gasteiger partial charge in [-0.1, -0.05) is 18.7 Å². The maximum absolute atomic E-state index is 13.8. The number of sulfone groups is 1. The number of benzene rings is 1. The van der Waals surface area contributed by atoms with Crippen molar-refractivity contribution in [2.45, 2.75) is 23.9 Å². The molecule has 3 fully saturated rings. The standard InChI is InChI=1S/C28H37N3O7S/c1-6-17-16-31-23(26(33)19-10-11-29-22-9-8-18(37-5)14-21(19)22)15-20(17)25(27(34)30(3)4)28(31)39(35,36)13-12-38-24(32)7-2/h6-10,14,17,20,23,25-26,28-29,33H,1-2,11-13,15-16H2,3-5H3/t17-,20-,23+,25?,26-,28?/m0/s1. The highest BCUT2D eigenvalue weighted by Crippen LogP contribution is 2.49. The Morgan fingerprint density at radius 1 is 1.31 bits per heavy atom. The second kappa shape index (κ2) is 11.5. The average Bonchev–Trinajstić information content (AvgIpc) is 2.94. The maximum Gasteiger partial charge on any atom is 0.330 e. The third-order valence-corrected chi connectivity index (χ3v) is 10.1. The number of hydrogen-bond donors (Lipinski definition) is 2. The zero-order valence-electron chi connectivity index (χ0n) is 22.6. The van der Waals surface area contributed by atoms with Gasteiger partial charge in [-0.2, -0.15) is 0 Å². The van der Waals surface area contributed by atoms with E-state index in [-0.39, 0.29) is 24.3 Å². The first kappa shape index (κ1) is 28.8. The van der Waals surface area contributed by atoms with E-state index >= 15 is 0 Å². The van der Waals surface area contributed by atoms with E-state index in [9.17, 15) is 23.1 Å². The Kier molecular flexibility index (Phi) is 8.53. The van der Waals surface area contributed by atoms with Gasteiger partial charge in [0.2, 0.25) is 5.91 Å². The molecular weight excluding hydrogens is 522 g/mol. The van der Waals surface area contributed by atoms with Crippen LogP contribution in [0, 0.1) is 17.8 Å². The molecule has 212 valence electrons. The monoisotopic (exact) mass is 559 g/mol. The number of ether oxygens (including phenoxy) is 2. The maximum atomic E-state index is 13.8. The van der Waals surface area contributed by atoms with Crippen molar-refractivity contribution in [3.63, 3.8) is 0 Å². The number of hydrogen-bond acceptors (Lipinski definition) is 9. The number of rotatable bonds is 10. The Morgan fingerprint density at radius 2 is 2.05 bits per heavy atom. The molecule has 0 saturated carbocycles. The van der Waals surface area contributed by atoms with Gasteiger partial charge in [0.1, 0.15) is 17.7 Å². The molecule has 39 heavy (non-hydrogen) atoms. The summed E-state index contributed by atoms with van der Waals surface area (Å²) < 4.78 is 38.0. The second-order valence-corrected chi connectivity index (χ2v) is 12.6. The summed E-state index contributed by atoms with van der Waals surface area (Å²) in [6, 6.07) is 5.01. The molecule has 11 heteroatoms. The third kappa shape index (κ3) is 5.48. The Balaban J connectivity index is 1.73. The molecule has 0 spiro atoms. The minimum atomic E-state index is -3.98. The molecule has 4 aliphatic rings. The van der Waals surface area contributed by atoms with Gasteiger partial charge in [0, 0.05) is 50.6 Å². The summed E-state index contributed by atoms with van der Waals surface area (Å²) in [6.45, 7) is 7.77. The van der Waals surface area contributed by atoms with Crippen molar-refractivity contribution >= 4 is 33.0 Å². The fourth-order valence-corrected chi connectivity index (χ4v) is 8.15. The highest BCUT2D eigenvalue weighted by atomic mass is 32.2. The van der Waals surface area contributed by atoms with Gasteiger partial charge in [0.25, 0.3) is 0 Å². The van der Waals surface area contributed by atoms with Crippen molar-refractivity contribution in [3.8, 4) is 5.75 Å². The van der Waals surface area contributed by atoms with E-state index in [1.54, 1.807) is 32.2 Å². The summed E-state index contributed by atoms with van der Waals surface area (Å²) in [5, 5.41) is 13.9. The quantitative estimate of drug-likeness (QED) is 0.249. The lowest BCUT2D eigenvalue weighted by Gasteiger charge is -2.58. The number of amides is 1. The van der Waals surface area contributed by atoms with E-state index in [0.29, 0.717) is 30.8 Å². The van der Waals surface area contributed by atoms with Gasteiger partial charge in [-0.25, -0.2) is 13.2 Å². The molecule has 4 aliphatic heterocycles. The van der Waals surface area contributed by atoms with Gasteiger partial charge in [-0.15, -0.1) is 6.58 Å². The number of nitrogens with one attached hydrogen (secondary N) is 1. The molecule has 4 heterocycles. The summed E-state index contributed by atoms with van der Waals surface area (Å²) in [7, 11) is 0.808. The molecule has 3 saturated heterocycles. The molecular formula is C28H37N3O7S. The van der Waals surface area contributed by atoms with E-state index < -0.39 is 45.0 Å². The van der Waals surface area contributed by atoms with Crippen molar-refractivity contribution in [2.75, 3.05) is 52.0 Å². The van der Waals surface area contributed by atoms with Crippen LogP contribution in [0.2, 0.25) is 0 Å². The number of piperidine rings is 3. The molecule has 5 rings (SSSR count). The van der Waals surface area contributed by atoms with Gasteiger partial charge >= 0.3 is 5.97 Å². The van der Waals surface area contributed by atoms with E-state index in [2.05, 4.69) is 18.5 Å². The molecule has 1 aromatic carbocycles. The number of carbonyl (C=O) groups is 2. The lowest BCUT2D eigenvalue weighted by molar-refractivity contribution is -0.148. The molecule has 2 N–H and O–H groups in total. The molecule has 0 aromatic heterocycles. The topological polar surface area (TPSA) is 125 Å². The molecule has 0 aliphatic carbocycles. The Labute approximate surface area is 229 Å². The summed E-state index contributed by atoms with van der Waals surface area (Å²) in [5.74, 6) is -2.15. The number of aliphatic hydroxyl groups excluding tert-OH is 1. The lowest BCUT2D eigenvalue weighted by Crippen LogP contribution is -2.70. The predicted octanol–water partition coefficient (Wildman–Crippen LogP) is 1.55. The molecule has 0 radical (unpaired) electrons. The zero-order chi connectivity index (χ0) is 28.5. The first-order valence-electron chi connectivity index (χ1n) is 12.9. The highest BCUT2D eigenvalue weighted by Gasteiger charge is 2.59. The third-order valence-electron chi connectivity index (χ3n) is 8.02. The number of fused-ring (bicyclic) bond motifs is 4. The number of nitrogens with zero attached hydrogens (tertiary/aromatic N) is 2. The largest absolute Gasteiger partial charge is 0.497 e.